The zero-order chi connectivity index (χ0) is 15.2. The van der Waals surface area contributed by atoms with E-state index in [1.54, 1.807) is 7.11 Å². The molecule has 1 heteroatoms. The Labute approximate surface area is 128 Å². The van der Waals surface area contributed by atoms with Gasteiger partial charge in [0, 0.05) is 5.41 Å². The summed E-state index contributed by atoms with van der Waals surface area (Å²) >= 11 is 0. The molecule has 3 rings (SSSR count). The van der Waals surface area contributed by atoms with Crippen LogP contribution < -0.4 is 4.74 Å². The standard InChI is InChI=1S/C20H24O/c1-6-7-14-10-13(2)11-18-19(14)16-9-8-15(21-5)12-17(16)20(18,3)4/h8-12H,6-7H2,1-5H3. The summed E-state index contributed by atoms with van der Waals surface area (Å²) in [7, 11) is 1.74. The van der Waals surface area contributed by atoms with Gasteiger partial charge < -0.3 is 4.74 Å². The van der Waals surface area contributed by atoms with E-state index in [0.29, 0.717) is 0 Å². The van der Waals surface area contributed by atoms with Crippen LogP contribution in [-0.4, -0.2) is 7.11 Å². The maximum absolute atomic E-state index is 5.43. The molecule has 0 unspecified atom stereocenters. The van der Waals surface area contributed by atoms with Crippen LogP contribution in [0.5, 0.6) is 5.75 Å². The van der Waals surface area contributed by atoms with Crippen molar-refractivity contribution in [2.24, 2.45) is 0 Å². The summed E-state index contributed by atoms with van der Waals surface area (Å²) in [5, 5.41) is 0. The van der Waals surface area contributed by atoms with Crippen LogP contribution in [0.15, 0.2) is 30.3 Å². The minimum atomic E-state index is 0.0493. The van der Waals surface area contributed by atoms with E-state index in [0.717, 1.165) is 12.2 Å². The molecule has 0 atom stereocenters. The number of aryl methyl sites for hydroxylation is 2. The molecule has 0 heterocycles. The summed E-state index contributed by atoms with van der Waals surface area (Å²) in [6, 6.07) is 11.2. The van der Waals surface area contributed by atoms with E-state index in [1.165, 1.54) is 39.8 Å². The molecule has 2 aromatic carbocycles. The Bertz CT molecular complexity index is 695. The third-order valence-corrected chi connectivity index (χ3v) is 4.73. The summed E-state index contributed by atoms with van der Waals surface area (Å²) in [5.74, 6) is 0.948. The molecule has 0 radical (unpaired) electrons. The maximum Gasteiger partial charge on any atom is 0.119 e. The number of hydrogen-bond acceptors (Lipinski definition) is 1. The lowest BCUT2D eigenvalue weighted by Gasteiger charge is -2.22. The Hall–Kier alpha value is -1.76. The van der Waals surface area contributed by atoms with Gasteiger partial charge in [-0.15, -0.1) is 0 Å². The first-order chi connectivity index (χ1) is 9.98. The van der Waals surface area contributed by atoms with Crippen LogP contribution in [0.4, 0.5) is 0 Å². The van der Waals surface area contributed by atoms with Gasteiger partial charge in [0.05, 0.1) is 7.11 Å². The summed E-state index contributed by atoms with van der Waals surface area (Å²) in [5.41, 5.74) is 8.61. The van der Waals surface area contributed by atoms with Crippen LogP contribution in [0.3, 0.4) is 0 Å². The fourth-order valence-corrected chi connectivity index (χ4v) is 3.67. The second-order valence-electron chi connectivity index (χ2n) is 6.63. The fraction of sp³-hybridized carbons (Fsp3) is 0.400. The van der Waals surface area contributed by atoms with E-state index in [4.69, 9.17) is 4.74 Å². The zero-order valence-electron chi connectivity index (χ0n) is 13.7. The first kappa shape index (κ1) is 14.2. The molecule has 0 aromatic heterocycles. The van der Waals surface area contributed by atoms with Gasteiger partial charge in [0.15, 0.2) is 0 Å². The Morgan fingerprint density at radius 3 is 2.48 bits per heavy atom. The Kier molecular flexibility index (Phi) is 3.32. The van der Waals surface area contributed by atoms with Crippen molar-refractivity contribution in [2.75, 3.05) is 7.11 Å². The Balaban J connectivity index is 2.31. The molecule has 0 fully saturated rings. The van der Waals surface area contributed by atoms with Gasteiger partial charge in [-0.1, -0.05) is 51.0 Å². The smallest absolute Gasteiger partial charge is 0.119 e. The predicted molar refractivity (Wildman–Crippen MR) is 89.3 cm³/mol. The van der Waals surface area contributed by atoms with Crippen LogP contribution in [0.25, 0.3) is 11.1 Å². The molecule has 0 amide bonds. The van der Waals surface area contributed by atoms with Crippen molar-refractivity contribution in [2.45, 2.75) is 46.0 Å². The molecule has 0 saturated heterocycles. The minimum absolute atomic E-state index is 0.0493. The van der Waals surface area contributed by atoms with Crippen molar-refractivity contribution in [3.8, 4) is 16.9 Å². The van der Waals surface area contributed by atoms with Gasteiger partial charge in [-0.3, -0.25) is 0 Å². The average Bonchev–Trinajstić information content (AvgIpc) is 2.67. The van der Waals surface area contributed by atoms with Gasteiger partial charge >= 0.3 is 0 Å². The molecular formula is C20H24O. The molecule has 1 aliphatic rings. The highest BCUT2D eigenvalue weighted by atomic mass is 16.5. The van der Waals surface area contributed by atoms with E-state index in [2.05, 4.69) is 58.0 Å². The minimum Gasteiger partial charge on any atom is -0.497 e. The molecule has 0 aliphatic heterocycles. The third kappa shape index (κ3) is 2.07. The lowest BCUT2D eigenvalue weighted by molar-refractivity contribution is 0.413. The van der Waals surface area contributed by atoms with Gasteiger partial charge in [-0.25, -0.2) is 0 Å². The van der Waals surface area contributed by atoms with Gasteiger partial charge in [-0.2, -0.15) is 0 Å². The Morgan fingerprint density at radius 2 is 1.81 bits per heavy atom. The molecule has 21 heavy (non-hydrogen) atoms. The average molecular weight is 280 g/mol. The number of fused-ring (bicyclic) bond motifs is 3. The topological polar surface area (TPSA) is 9.23 Å². The van der Waals surface area contributed by atoms with E-state index in [1.807, 2.05) is 0 Å². The SMILES string of the molecule is CCCc1cc(C)cc2c1-c1ccc(OC)cc1C2(C)C. The van der Waals surface area contributed by atoms with Crippen LogP contribution >= 0.6 is 0 Å². The summed E-state index contributed by atoms with van der Waals surface area (Å²) in [6.45, 7) is 9.11. The van der Waals surface area contributed by atoms with Gasteiger partial charge in [0.25, 0.3) is 0 Å². The third-order valence-electron chi connectivity index (χ3n) is 4.73. The van der Waals surface area contributed by atoms with E-state index < -0.39 is 0 Å². The highest BCUT2D eigenvalue weighted by Gasteiger charge is 2.37. The van der Waals surface area contributed by atoms with Crippen molar-refractivity contribution in [1.82, 2.24) is 0 Å². The van der Waals surface area contributed by atoms with Gasteiger partial charge in [-0.05, 0) is 53.3 Å². The molecule has 0 spiro atoms. The van der Waals surface area contributed by atoms with Crippen LogP contribution in [0, 0.1) is 6.92 Å². The summed E-state index contributed by atoms with van der Waals surface area (Å²) in [4.78, 5) is 0. The molecule has 110 valence electrons. The molecule has 1 aliphatic carbocycles. The molecular weight excluding hydrogens is 256 g/mol. The second-order valence-corrected chi connectivity index (χ2v) is 6.63. The highest BCUT2D eigenvalue weighted by molar-refractivity contribution is 5.84. The van der Waals surface area contributed by atoms with Crippen LogP contribution in [0.2, 0.25) is 0 Å². The quantitative estimate of drug-likeness (QED) is 0.745. The molecule has 0 bridgehead atoms. The van der Waals surface area contributed by atoms with Crippen LogP contribution in [-0.2, 0) is 11.8 Å². The molecule has 1 nitrogen and oxygen atoms in total. The number of benzene rings is 2. The zero-order valence-corrected chi connectivity index (χ0v) is 13.7. The molecule has 0 saturated carbocycles. The number of hydrogen-bond donors (Lipinski definition) is 0. The molecule has 2 aromatic rings. The van der Waals surface area contributed by atoms with Crippen molar-refractivity contribution in [3.63, 3.8) is 0 Å². The summed E-state index contributed by atoms with van der Waals surface area (Å²) < 4.78 is 5.43. The number of rotatable bonds is 3. The van der Waals surface area contributed by atoms with Crippen LogP contribution in [0.1, 0.15) is 49.4 Å². The fourth-order valence-electron chi connectivity index (χ4n) is 3.67. The normalized spacial score (nSPS) is 14.7. The first-order valence-corrected chi connectivity index (χ1v) is 7.82. The van der Waals surface area contributed by atoms with Crippen molar-refractivity contribution in [1.29, 1.82) is 0 Å². The highest BCUT2D eigenvalue weighted by Crippen LogP contribution is 2.51. The summed E-state index contributed by atoms with van der Waals surface area (Å²) in [6.07, 6.45) is 2.33. The lowest BCUT2D eigenvalue weighted by Crippen LogP contribution is -2.15. The second kappa shape index (κ2) is 4.91. The lowest BCUT2D eigenvalue weighted by atomic mass is 9.81. The predicted octanol–water partition coefficient (Wildman–Crippen LogP) is 5.26. The van der Waals surface area contributed by atoms with E-state index >= 15 is 0 Å². The Morgan fingerprint density at radius 1 is 1.05 bits per heavy atom. The maximum atomic E-state index is 5.43. The van der Waals surface area contributed by atoms with E-state index in [9.17, 15) is 0 Å². The van der Waals surface area contributed by atoms with Crippen molar-refractivity contribution < 1.29 is 4.74 Å². The van der Waals surface area contributed by atoms with Gasteiger partial charge in [0.2, 0.25) is 0 Å². The van der Waals surface area contributed by atoms with Crippen molar-refractivity contribution in [3.05, 3.63) is 52.6 Å². The molecule has 0 N–H and O–H groups in total. The number of ether oxygens (including phenoxy) is 1. The van der Waals surface area contributed by atoms with Gasteiger partial charge in [0.1, 0.15) is 5.75 Å². The number of methoxy groups -OCH3 is 1. The monoisotopic (exact) mass is 280 g/mol. The largest absolute Gasteiger partial charge is 0.497 e. The first-order valence-electron chi connectivity index (χ1n) is 7.82. The van der Waals surface area contributed by atoms with Crippen molar-refractivity contribution >= 4 is 0 Å². The van der Waals surface area contributed by atoms with E-state index in [-0.39, 0.29) is 5.41 Å².